The first-order chi connectivity index (χ1) is 30.2. The molecule has 0 N–H and O–H groups in total. The molecule has 0 bridgehead atoms. The van der Waals surface area contributed by atoms with Crippen LogP contribution in [0.5, 0.6) is 0 Å². The Kier molecular flexibility index (Phi) is 6.79. The van der Waals surface area contributed by atoms with E-state index in [9.17, 15) is 0 Å². The molecule has 0 atom stereocenters. The Morgan fingerprint density at radius 2 is 1.18 bits per heavy atom. The molecule has 0 saturated heterocycles. The van der Waals surface area contributed by atoms with Gasteiger partial charge in [-0.25, -0.2) is 0 Å². The molecule has 14 rings (SSSR count). The summed E-state index contributed by atoms with van der Waals surface area (Å²) >= 11 is 3.90. The van der Waals surface area contributed by atoms with Crippen molar-refractivity contribution < 1.29 is 0 Å². The van der Waals surface area contributed by atoms with Gasteiger partial charge in [-0.3, -0.25) is 0 Å². The van der Waals surface area contributed by atoms with Gasteiger partial charge in [0.1, 0.15) is 0 Å². The van der Waals surface area contributed by atoms with Crippen molar-refractivity contribution in [3.8, 4) is 33.4 Å². The number of para-hydroxylation sites is 1. The molecule has 3 aliphatic rings. The third-order valence-electron chi connectivity index (χ3n) is 14.5. The molecule has 0 saturated carbocycles. The molecule has 8 aromatic carbocycles. The summed E-state index contributed by atoms with van der Waals surface area (Å²) in [6.07, 6.45) is 0. The van der Waals surface area contributed by atoms with Crippen molar-refractivity contribution in [3.05, 3.63) is 174 Å². The van der Waals surface area contributed by atoms with E-state index >= 15 is 0 Å². The molecular weight excluding hydrogens is 788 g/mol. The first-order valence-corrected chi connectivity index (χ1v) is 23.5. The minimum Gasteiger partial charge on any atom is -0.374 e. The maximum Gasteiger partial charge on any atom is 0.333 e. The topological polar surface area (TPSA) is 8.17 Å². The lowest BCUT2D eigenvalue weighted by atomic mass is 9.43. The normalized spacial score (nSPS) is 14.6. The Bertz CT molecular complexity index is 3780. The van der Waals surface area contributed by atoms with E-state index in [0.29, 0.717) is 0 Å². The van der Waals surface area contributed by atoms with Crippen molar-refractivity contribution in [2.45, 2.75) is 45.4 Å². The minimum absolute atomic E-state index is 0.0219. The summed E-state index contributed by atoms with van der Waals surface area (Å²) in [5.74, 6) is 0. The fourth-order valence-electron chi connectivity index (χ4n) is 11.7. The second-order valence-electron chi connectivity index (χ2n) is 19.2. The third-order valence-corrected chi connectivity index (χ3v) is 16.9. The van der Waals surface area contributed by atoms with Crippen LogP contribution in [0, 0.1) is 0 Å². The molecule has 2 nitrogen and oxygen atoms in total. The van der Waals surface area contributed by atoms with E-state index in [4.69, 9.17) is 0 Å². The molecule has 1 aliphatic carbocycles. The van der Waals surface area contributed by atoms with Crippen molar-refractivity contribution in [1.29, 1.82) is 0 Å². The average molecular weight is 829 g/mol. The minimum atomic E-state index is -0.156. The lowest BCUT2D eigenvalue weighted by molar-refractivity contribution is 0.590. The molecule has 0 amide bonds. The predicted molar refractivity (Wildman–Crippen MR) is 270 cm³/mol. The van der Waals surface area contributed by atoms with Gasteiger partial charge in [-0.2, -0.15) is 0 Å². The number of benzene rings is 8. The second kappa shape index (κ2) is 11.9. The molecule has 0 radical (unpaired) electrons. The smallest absolute Gasteiger partial charge is 0.333 e. The Labute approximate surface area is 369 Å². The summed E-state index contributed by atoms with van der Waals surface area (Å²) in [6, 6.07) is 60.4. The van der Waals surface area contributed by atoms with Gasteiger partial charge >= 0.3 is 6.85 Å². The van der Waals surface area contributed by atoms with Crippen molar-refractivity contribution in [2.75, 3.05) is 4.90 Å². The Balaban J connectivity index is 1.23. The second-order valence-corrected chi connectivity index (χ2v) is 21.3. The number of aromatic nitrogens is 1. The van der Waals surface area contributed by atoms with Crippen LogP contribution in [0.15, 0.2) is 158 Å². The number of thiophene rings is 2. The van der Waals surface area contributed by atoms with Crippen LogP contribution in [0.2, 0.25) is 0 Å². The highest BCUT2D eigenvalue weighted by molar-refractivity contribution is 7.27. The van der Waals surface area contributed by atoms with E-state index in [-0.39, 0.29) is 17.7 Å². The average Bonchev–Trinajstić information content (AvgIpc) is 4.02. The molecule has 62 heavy (non-hydrogen) atoms. The zero-order valence-electron chi connectivity index (χ0n) is 35.3. The number of fused-ring (bicyclic) bond motifs is 17. The van der Waals surface area contributed by atoms with Gasteiger partial charge in [0.25, 0.3) is 0 Å². The fraction of sp³-hybridized carbons (Fsp3) is 0.123. The molecule has 5 heterocycles. The lowest BCUT2D eigenvalue weighted by Crippen LogP contribution is -2.57. The molecule has 11 aromatic rings. The van der Waals surface area contributed by atoms with Gasteiger partial charge in [-0.1, -0.05) is 156 Å². The van der Waals surface area contributed by atoms with E-state index in [1.807, 2.05) is 22.7 Å². The largest absolute Gasteiger partial charge is 0.374 e. The predicted octanol–water partition coefficient (Wildman–Crippen LogP) is 15.1. The van der Waals surface area contributed by atoms with Crippen LogP contribution in [-0.4, -0.2) is 11.3 Å². The Morgan fingerprint density at radius 1 is 0.500 bits per heavy atom. The molecule has 3 aromatic heterocycles. The summed E-state index contributed by atoms with van der Waals surface area (Å²) in [5.41, 5.74) is 21.2. The first-order valence-electron chi connectivity index (χ1n) is 21.9. The van der Waals surface area contributed by atoms with Crippen molar-refractivity contribution in [2.24, 2.45) is 0 Å². The summed E-state index contributed by atoms with van der Waals surface area (Å²) in [5, 5.41) is 5.34. The van der Waals surface area contributed by atoms with Gasteiger partial charge in [0.2, 0.25) is 0 Å². The van der Waals surface area contributed by atoms with Crippen LogP contribution >= 0.6 is 22.7 Å². The molecule has 0 fully saturated rings. The fourth-order valence-corrected chi connectivity index (χ4v) is 14.2. The molecular formula is C57H41BN2S2. The molecule has 294 valence electrons. The first kappa shape index (κ1) is 35.2. The van der Waals surface area contributed by atoms with Crippen LogP contribution in [0.25, 0.3) is 84.8 Å². The van der Waals surface area contributed by atoms with E-state index in [1.54, 1.807) is 0 Å². The van der Waals surface area contributed by atoms with Gasteiger partial charge < -0.3 is 9.38 Å². The van der Waals surface area contributed by atoms with Gasteiger partial charge in [-0.15, -0.1) is 22.7 Å². The lowest BCUT2D eigenvalue weighted by Gasteiger charge is -2.42. The van der Waals surface area contributed by atoms with E-state index in [1.165, 1.54) is 129 Å². The standard InChI is InChI=1S/C57H41BN2S2/c1-56(2,3)33-26-28-44(39(30-33)32-16-7-6-8-17-32)59-45-29-27-43-48(36-19-9-12-23-42(36)57(43,4)5)50(45)58-49-40(31-41-34-18-10-13-24-46(34)61-55(41)53(49)59)35-21-15-22-38-51(35)60(58)52-37-20-11-14-25-47(37)62-54(38)52/h6-31H,1-5H3. The van der Waals surface area contributed by atoms with Gasteiger partial charge in [0, 0.05) is 58.7 Å². The maximum atomic E-state index is 2.80. The summed E-state index contributed by atoms with van der Waals surface area (Å²) < 4.78 is 8.19. The van der Waals surface area contributed by atoms with E-state index in [2.05, 4.69) is 202 Å². The summed E-state index contributed by atoms with van der Waals surface area (Å²) in [6.45, 7) is 11.8. The van der Waals surface area contributed by atoms with Crippen LogP contribution in [0.1, 0.15) is 51.3 Å². The van der Waals surface area contributed by atoms with Gasteiger partial charge in [-0.05, 0) is 91.7 Å². The van der Waals surface area contributed by atoms with Crippen LogP contribution in [0.3, 0.4) is 0 Å². The molecule has 5 heteroatoms. The van der Waals surface area contributed by atoms with Crippen molar-refractivity contribution in [3.63, 3.8) is 0 Å². The maximum absolute atomic E-state index is 2.80. The summed E-state index contributed by atoms with van der Waals surface area (Å²) in [4.78, 5) is 2.71. The van der Waals surface area contributed by atoms with Crippen LogP contribution in [0.4, 0.5) is 17.1 Å². The number of hydrogen-bond acceptors (Lipinski definition) is 3. The Hall–Kier alpha value is -6.40. The third kappa shape index (κ3) is 4.35. The monoisotopic (exact) mass is 828 g/mol. The van der Waals surface area contributed by atoms with Crippen LogP contribution in [-0.2, 0) is 10.8 Å². The summed E-state index contributed by atoms with van der Waals surface area (Å²) in [7, 11) is 0. The van der Waals surface area contributed by atoms with Gasteiger partial charge in [0.05, 0.1) is 26.3 Å². The number of rotatable bonds is 2. The highest BCUT2D eigenvalue weighted by atomic mass is 32.1. The van der Waals surface area contributed by atoms with E-state index < -0.39 is 0 Å². The Morgan fingerprint density at radius 3 is 2.00 bits per heavy atom. The number of hydrogen-bond donors (Lipinski definition) is 0. The van der Waals surface area contributed by atoms with E-state index in [0.717, 1.165) is 0 Å². The molecule has 2 aliphatic heterocycles. The SMILES string of the molecule is CC(C)(C)c1ccc(N2c3ccc4c(c3B3c5c(cc6c(sc7ccccc76)c52)-c2cccc5c6sc7ccccc7c6n3c25)-c2ccccc2C4(C)C)c(-c2ccccc2)c1. The molecule has 0 unspecified atom stereocenters. The number of nitrogens with zero attached hydrogens (tertiary/aromatic N) is 2. The zero-order valence-corrected chi connectivity index (χ0v) is 36.9. The quantitative estimate of drug-likeness (QED) is 0.158. The zero-order chi connectivity index (χ0) is 41.4. The van der Waals surface area contributed by atoms with Gasteiger partial charge in [0.15, 0.2) is 0 Å². The molecule has 0 spiro atoms. The van der Waals surface area contributed by atoms with Crippen molar-refractivity contribution >= 4 is 109 Å². The highest BCUT2D eigenvalue weighted by Gasteiger charge is 2.49. The number of anilines is 3. The van der Waals surface area contributed by atoms with Crippen molar-refractivity contribution in [1.82, 2.24) is 4.48 Å². The van der Waals surface area contributed by atoms with Crippen LogP contribution < -0.4 is 15.8 Å². The highest BCUT2D eigenvalue weighted by Crippen LogP contribution is 2.57.